The van der Waals surface area contributed by atoms with Crippen molar-refractivity contribution in [1.82, 2.24) is 9.13 Å². The number of rotatable bonds is 5. The van der Waals surface area contributed by atoms with E-state index < -0.39 is 5.69 Å². The van der Waals surface area contributed by atoms with Crippen LogP contribution in [0.15, 0.2) is 88.5 Å². The lowest BCUT2D eigenvalue weighted by molar-refractivity contribution is -0.116. The Balaban J connectivity index is 1.66. The number of hydrogen-bond acceptors (Lipinski definition) is 4. The number of anilines is 1. The molecule has 0 unspecified atom stereocenters. The second-order valence-electron chi connectivity index (χ2n) is 7.58. The lowest BCUT2D eigenvalue weighted by atomic mass is 10.2. The van der Waals surface area contributed by atoms with E-state index in [0.717, 1.165) is 15.6 Å². The minimum atomic E-state index is -0.527. The summed E-state index contributed by atoms with van der Waals surface area (Å²) < 4.78 is 3.91. The molecular weight excluding hydrogens is 458 g/mol. The number of thiophene rings is 1. The lowest BCUT2D eigenvalue weighted by Gasteiger charge is -2.13. The van der Waals surface area contributed by atoms with Crippen molar-refractivity contribution >= 4 is 54.8 Å². The number of amides is 1. The van der Waals surface area contributed by atoms with Crippen LogP contribution in [0.1, 0.15) is 5.56 Å². The van der Waals surface area contributed by atoms with Crippen LogP contribution in [0.2, 0.25) is 5.02 Å². The largest absolute Gasteiger partial charge is 0.332 e. The Labute approximate surface area is 197 Å². The van der Waals surface area contributed by atoms with Gasteiger partial charge in [-0.05, 0) is 29.8 Å². The van der Waals surface area contributed by atoms with Crippen molar-refractivity contribution < 1.29 is 4.79 Å². The summed E-state index contributed by atoms with van der Waals surface area (Å²) in [4.78, 5) is 39.8. The molecular formula is C25H18ClN3O3S. The van der Waals surface area contributed by atoms with E-state index in [-0.39, 0.29) is 24.6 Å². The molecule has 0 spiro atoms. The molecule has 0 aliphatic carbocycles. The standard InChI is InChI=1S/C25H18ClN3O3S/c26-17-9-6-10-18(13-17)27-21(30)15-28-22-19-11-4-5-12-20(19)33-23(22)24(31)29(25(28)32)14-16-7-2-1-3-8-16/h1-13H,14-15H2,(H,27,30). The van der Waals surface area contributed by atoms with Crippen LogP contribution in [0.5, 0.6) is 0 Å². The molecule has 0 atom stereocenters. The second-order valence-corrected chi connectivity index (χ2v) is 9.07. The maximum atomic E-state index is 13.5. The third-order valence-corrected chi connectivity index (χ3v) is 6.72. The molecule has 0 saturated carbocycles. The zero-order valence-corrected chi connectivity index (χ0v) is 18.9. The first-order valence-corrected chi connectivity index (χ1v) is 11.4. The summed E-state index contributed by atoms with van der Waals surface area (Å²) in [6.45, 7) is -0.115. The van der Waals surface area contributed by atoms with E-state index in [4.69, 9.17) is 11.6 Å². The molecule has 0 radical (unpaired) electrons. The van der Waals surface area contributed by atoms with E-state index >= 15 is 0 Å². The van der Waals surface area contributed by atoms with Gasteiger partial charge in [0.15, 0.2) is 0 Å². The molecule has 6 nitrogen and oxygen atoms in total. The molecule has 2 aromatic heterocycles. The van der Waals surface area contributed by atoms with E-state index in [0.29, 0.717) is 20.9 Å². The number of aromatic nitrogens is 2. The van der Waals surface area contributed by atoms with Crippen molar-refractivity contribution in [3.8, 4) is 0 Å². The Morgan fingerprint density at radius 2 is 1.67 bits per heavy atom. The van der Waals surface area contributed by atoms with Crippen LogP contribution < -0.4 is 16.6 Å². The summed E-state index contributed by atoms with van der Waals surface area (Å²) in [7, 11) is 0. The van der Waals surface area contributed by atoms with Crippen molar-refractivity contribution in [2.75, 3.05) is 5.32 Å². The zero-order chi connectivity index (χ0) is 22.9. The molecule has 8 heteroatoms. The summed E-state index contributed by atoms with van der Waals surface area (Å²) in [5, 5.41) is 4.05. The van der Waals surface area contributed by atoms with Gasteiger partial charge in [-0.2, -0.15) is 0 Å². The van der Waals surface area contributed by atoms with Crippen LogP contribution in [0.4, 0.5) is 5.69 Å². The van der Waals surface area contributed by atoms with Crippen LogP contribution in [0.3, 0.4) is 0 Å². The van der Waals surface area contributed by atoms with Gasteiger partial charge in [-0.15, -0.1) is 11.3 Å². The van der Waals surface area contributed by atoms with Crippen molar-refractivity contribution in [1.29, 1.82) is 0 Å². The molecule has 0 aliphatic rings. The smallest absolute Gasteiger partial charge is 0.324 e. The molecule has 1 amide bonds. The van der Waals surface area contributed by atoms with Gasteiger partial charge in [0.25, 0.3) is 5.56 Å². The predicted octanol–water partition coefficient (Wildman–Crippen LogP) is 4.72. The average molecular weight is 476 g/mol. The average Bonchev–Trinajstić information content (AvgIpc) is 3.20. The summed E-state index contributed by atoms with van der Waals surface area (Å²) in [6, 6.07) is 23.6. The predicted molar refractivity (Wildman–Crippen MR) is 133 cm³/mol. The molecule has 5 aromatic rings. The van der Waals surface area contributed by atoms with Crippen LogP contribution in [0.25, 0.3) is 20.3 Å². The molecule has 0 saturated heterocycles. The molecule has 0 aliphatic heterocycles. The second kappa shape index (κ2) is 8.69. The van der Waals surface area contributed by atoms with Crippen LogP contribution in [-0.4, -0.2) is 15.0 Å². The van der Waals surface area contributed by atoms with E-state index in [1.807, 2.05) is 54.6 Å². The summed E-state index contributed by atoms with van der Waals surface area (Å²) in [5.74, 6) is -0.388. The Bertz CT molecular complexity index is 1620. The highest BCUT2D eigenvalue weighted by molar-refractivity contribution is 7.25. The first-order valence-electron chi connectivity index (χ1n) is 10.3. The minimum Gasteiger partial charge on any atom is -0.324 e. The van der Waals surface area contributed by atoms with Gasteiger partial charge in [0.05, 0.1) is 12.1 Å². The Morgan fingerprint density at radius 1 is 0.909 bits per heavy atom. The van der Waals surface area contributed by atoms with E-state index in [1.54, 1.807) is 24.3 Å². The van der Waals surface area contributed by atoms with Crippen LogP contribution in [-0.2, 0) is 17.9 Å². The Hall–Kier alpha value is -3.68. The highest BCUT2D eigenvalue weighted by atomic mass is 35.5. The van der Waals surface area contributed by atoms with Crippen LogP contribution in [0, 0.1) is 0 Å². The highest BCUT2D eigenvalue weighted by Crippen LogP contribution is 2.31. The van der Waals surface area contributed by atoms with Crippen molar-refractivity contribution in [3.63, 3.8) is 0 Å². The number of nitrogens with one attached hydrogen (secondary N) is 1. The van der Waals surface area contributed by atoms with E-state index in [2.05, 4.69) is 5.32 Å². The van der Waals surface area contributed by atoms with Gasteiger partial charge in [-0.25, -0.2) is 4.79 Å². The number of fused-ring (bicyclic) bond motifs is 3. The maximum Gasteiger partial charge on any atom is 0.332 e. The van der Waals surface area contributed by atoms with E-state index in [9.17, 15) is 14.4 Å². The summed E-state index contributed by atoms with van der Waals surface area (Å²) >= 11 is 7.34. The number of hydrogen-bond donors (Lipinski definition) is 1. The number of nitrogens with zero attached hydrogens (tertiary/aromatic N) is 2. The topological polar surface area (TPSA) is 73.1 Å². The van der Waals surface area contributed by atoms with Gasteiger partial charge in [0, 0.05) is 20.8 Å². The van der Waals surface area contributed by atoms with Crippen molar-refractivity contribution in [3.05, 3.63) is 110 Å². The highest BCUT2D eigenvalue weighted by Gasteiger charge is 2.20. The molecule has 0 fully saturated rings. The number of benzene rings is 3. The summed E-state index contributed by atoms with van der Waals surface area (Å²) in [5.41, 5.74) is 0.959. The molecule has 3 aromatic carbocycles. The quantitative estimate of drug-likeness (QED) is 0.400. The summed E-state index contributed by atoms with van der Waals surface area (Å²) in [6.07, 6.45) is 0. The van der Waals surface area contributed by atoms with Gasteiger partial charge in [0.1, 0.15) is 11.2 Å². The number of carbonyl (C=O) groups excluding carboxylic acids is 1. The van der Waals surface area contributed by atoms with Gasteiger partial charge in [-0.3, -0.25) is 18.7 Å². The monoisotopic (exact) mass is 475 g/mol. The van der Waals surface area contributed by atoms with Crippen molar-refractivity contribution in [2.24, 2.45) is 0 Å². The Morgan fingerprint density at radius 3 is 2.45 bits per heavy atom. The minimum absolute atomic E-state index is 0.124. The maximum absolute atomic E-state index is 13.5. The zero-order valence-electron chi connectivity index (χ0n) is 17.3. The first kappa shape index (κ1) is 21.2. The molecule has 1 N–H and O–H groups in total. The molecule has 2 heterocycles. The van der Waals surface area contributed by atoms with Gasteiger partial charge in [-0.1, -0.05) is 66.2 Å². The third-order valence-electron chi connectivity index (χ3n) is 5.33. The van der Waals surface area contributed by atoms with Gasteiger partial charge in [0.2, 0.25) is 5.91 Å². The molecule has 0 bridgehead atoms. The normalized spacial score (nSPS) is 11.2. The Kier molecular flexibility index (Phi) is 5.58. The third kappa shape index (κ3) is 4.08. The van der Waals surface area contributed by atoms with Crippen molar-refractivity contribution in [2.45, 2.75) is 13.1 Å². The number of carbonyl (C=O) groups is 1. The fraction of sp³-hybridized carbons (Fsp3) is 0.0800. The van der Waals surface area contributed by atoms with Crippen LogP contribution >= 0.6 is 22.9 Å². The molecule has 5 rings (SSSR count). The number of halogens is 1. The molecule has 33 heavy (non-hydrogen) atoms. The fourth-order valence-corrected chi connectivity index (χ4v) is 5.20. The lowest BCUT2D eigenvalue weighted by Crippen LogP contribution is -2.41. The fourth-order valence-electron chi connectivity index (χ4n) is 3.86. The SMILES string of the molecule is O=C(Cn1c(=O)n(Cc2ccccc2)c(=O)c2sc3ccccc3c21)Nc1cccc(Cl)c1. The molecule has 164 valence electrons. The van der Waals surface area contributed by atoms with E-state index in [1.165, 1.54) is 20.5 Å². The van der Waals surface area contributed by atoms with Gasteiger partial charge < -0.3 is 5.32 Å². The first-order chi connectivity index (χ1) is 16.0. The van der Waals surface area contributed by atoms with Gasteiger partial charge >= 0.3 is 5.69 Å².